The Balaban J connectivity index is 1.81. The van der Waals surface area contributed by atoms with E-state index in [1.165, 1.54) is 11.1 Å². The lowest BCUT2D eigenvalue weighted by molar-refractivity contribution is 0.0470. The zero-order valence-corrected chi connectivity index (χ0v) is 14.3. The summed E-state index contributed by atoms with van der Waals surface area (Å²) in [7, 11) is 0. The zero-order chi connectivity index (χ0) is 17.7. The SMILES string of the molecule is NCC1(Cc2ccccc2)CN(Cc2ccccc2)CC1OC(N)=O. The molecular formula is C20H25N3O2. The van der Waals surface area contributed by atoms with Crippen LogP contribution in [-0.4, -0.2) is 36.7 Å². The second kappa shape index (κ2) is 7.68. The smallest absolute Gasteiger partial charge is 0.404 e. The predicted octanol–water partition coefficient (Wildman–Crippen LogP) is 2.15. The molecule has 0 saturated carbocycles. The maximum absolute atomic E-state index is 11.4. The summed E-state index contributed by atoms with van der Waals surface area (Å²) in [5, 5.41) is 0. The van der Waals surface area contributed by atoms with Gasteiger partial charge in [-0.1, -0.05) is 60.7 Å². The largest absolute Gasteiger partial charge is 0.444 e. The Morgan fingerprint density at radius 2 is 1.68 bits per heavy atom. The Labute approximate surface area is 148 Å². The fourth-order valence-electron chi connectivity index (χ4n) is 3.74. The fraction of sp³-hybridized carbons (Fsp3) is 0.350. The van der Waals surface area contributed by atoms with E-state index < -0.39 is 6.09 Å². The van der Waals surface area contributed by atoms with Gasteiger partial charge < -0.3 is 16.2 Å². The lowest BCUT2D eigenvalue weighted by Gasteiger charge is -2.32. The van der Waals surface area contributed by atoms with Crippen LogP contribution in [0.3, 0.4) is 0 Å². The van der Waals surface area contributed by atoms with Crippen LogP contribution in [0.1, 0.15) is 11.1 Å². The van der Waals surface area contributed by atoms with Crippen LogP contribution in [0.5, 0.6) is 0 Å². The first kappa shape index (κ1) is 17.5. The summed E-state index contributed by atoms with van der Waals surface area (Å²) < 4.78 is 5.48. The zero-order valence-electron chi connectivity index (χ0n) is 14.3. The minimum absolute atomic E-state index is 0.307. The second-order valence-corrected chi connectivity index (χ2v) is 6.81. The summed E-state index contributed by atoms with van der Waals surface area (Å²) in [6.07, 6.45) is -0.288. The molecule has 0 spiro atoms. The van der Waals surface area contributed by atoms with Gasteiger partial charge in [-0.15, -0.1) is 0 Å². The number of nitrogens with zero attached hydrogens (tertiary/aromatic N) is 1. The Morgan fingerprint density at radius 3 is 2.24 bits per heavy atom. The standard InChI is InChI=1S/C20H25N3O2/c21-14-20(11-16-7-3-1-4-8-16)15-23(13-18(20)25-19(22)24)12-17-9-5-2-6-10-17/h1-10,18H,11-15,21H2,(H2,22,24). The first-order valence-electron chi connectivity index (χ1n) is 8.58. The van der Waals surface area contributed by atoms with E-state index in [9.17, 15) is 4.79 Å². The molecule has 0 radical (unpaired) electrons. The average Bonchev–Trinajstić information content (AvgIpc) is 2.93. The van der Waals surface area contributed by atoms with Crippen molar-refractivity contribution in [3.8, 4) is 0 Å². The van der Waals surface area contributed by atoms with Crippen LogP contribution in [0.15, 0.2) is 60.7 Å². The molecule has 2 aromatic rings. The molecule has 2 atom stereocenters. The van der Waals surface area contributed by atoms with Crippen LogP contribution >= 0.6 is 0 Å². The second-order valence-electron chi connectivity index (χ2n) is 6.81. The van der Waals surface area contributed by atoms with Gasteiger partial charge in [0.15, 0.2) is 0 Å². The van der Waals surface area contributed by atoms with Gasteiger partial charge in [-0.05, 0) is 17.5 Å². The van der Waals surface area contributed by atoms with Gasteiger partial charge in [-0.3, -0.25) is 4.90 Å². The number of nitrogens with two attached hydrogens (primary N) is 2. The van der Waals surface area contributed by atoms with Gasteiger partial charge in [0, 0.05) is 31.6 Å². The summed E-state index contributed by atoms with van der Waals surface area (Å²) in [4.78, 5) is 13.7. The van der Waals surface area contributed by atoms with Crippen molar-refractivity contribution in [2.24, 2.45) is 16.9 Å². The highest BCUT2D eigenvalue weighted by Crippen LogP contribution is 2.36. The predicted molar refractivity (Wildman–Crippen MR) is 97.8 cm³/mol. The molecule has 1 fully saturated rings. The summed E-state index contributed by atoms with van der Waals surface area (Å²) >= 11 is 0. The average molecular weight is 339 g/mol. The first-order valence-corrected chi connectivity index (χ1v) is 8.58. The molecule has 0 bridgehead atoms. The van der Waals surface area contributed by atoms with Crippen LogP contribution < -0.4 is 11.5 Å². The van der Waals surface area contributed by atoms with Crippen molar-refractivity contribution in [2.75, 3.05) is 19.6 Å². The number of likely N-dealkylation sites (tertiary alicyclic amines) is 1. The third kappa shape index (κ3) is 4.18. The van der Waals surface area contributed by atoms with E-state index in [0.29, 0.717) is 13.1 Å². The van der Waals surface area contributed by atoms with Gasteiger partial charge in [0.25, 0.3) is 0 Å². The molecular weight excluding hydrogens is 314 g/mol. The molecule has 5 nitrogen and oxygen atoms in total. The molecule has 1 heterocycles. The Kier molecular flexibility index (Phi) is 5.36. The number of primary amides is 1. The summed E-state index contributed by atoms with van der Waals surface area (Å²) in [6.45, 7) is 2.65. The number of amides is 1. The topological polar surface area (TPSA) is 81.6 Å². The molecule has 4 N–H and O–H groups in total. The maximum Gasteiger partial charge on any atom is 0.404 e. The van der Waals surface area contributed by atoms with Crippen molar-refractivity contribution >= 4 is 6.09 Å². The van der Waals surface area contributed by atoms with E-state index in [-0.39, 0.29) is 11.5 Å². The number of carbonyl (C=O) groups excluding carboxylic acids is 1. The van der Waals surface area contributed by atoms with Gasteiger partial charge in [0.2, 0.25) is 0 Å². The number of rotatable bonds is 6. The Hall–Kier alpha value is -2.37. The molecule has 1 aliphatic rings. The minimum atomic E-state index is -0.738. The van der Waals surface area contributed by atoms with Crippen LogP contribution in [0.25, 0.3) is 0 Å². The number of benzene rings is 2. The van der Waals surface area contributed by atoms with Crippen LogP contribution in [0.2, 0.25) is 0 Å². The molecule has 2 aromatic carbocycles. The van der Waals surface area contributed by atoms with E-state index in [4.69, 9.17) is 16.2 Å². The van der Waals surface area contributed by atoms with Crippen molar-refractivity contribution < 1.29 is 9.53 Å². The molecule has 3 rings (SSSR count). The van der Waals surface area contributed by atoms with Crippen molar-refractivity contribution in [1.29, 1.82) is 0 Å². The first-order chi connectivity index (χ1) is 12.1. The summed E-state index contributed by atoms with van der Waals surface area (Å²) in [5.74, 6) is 0. The van der Waals surface area contributed by atoms with Gasteiger partial charge >= 0.3 is 6.09 Å². The van der Waals surface area contributed by atoms with E-state index in [2.05, 4.69) is 29.2 Å². The van der Waals surface area contributed by atoms with Crippen molar-refractivity contribution in [2.45, 2.75) is 19.1 Å². The molecule has 0 aromatic heterocycles. The molecule has 1 amide bonds. The summed E-state index contributed by atoms with van der Waals surface area (Å²) in [5.41, 5.74) is 13.6. The van der Waals surface area contributed by atoms with Crippen LogP contribution in [0.4, 0.5) is 4.79 Å². The number of ether oxygens (including phenoxy) is 1. The van der Waals surface area contributed by atoms with E-state index in [0.717, 1.165) is 19.5 Å². The van der Waals surface area contributed by atoms with Gasteiger partial charge in [0.05, 0.1) is 0 Å². The molecule has 5 heteroatoms. The molecule has 25 heavy (non-hydrogen) atoms. The monoisotopic (exact) mass is 339 g/mol. The quantitative estimate of drug-likeness (QED) is 0.845. The van der Waals surface area contributed by atoms with Crippen molar-refractivity contribution in [3.63, 3.8) is 0 Å². The number of hydrogen-bond donors (Lipinski definition) is 2. The highest BCUT2D eigenvalue weighted by atomic mass is 16.6. The third-order valence-electron chi connectivity index (χ3n) is 4.96. The normalized spacial score (nSPS) is 23.5. The molecule has 0 aliphatic carbocycles. The lowest BCUT2D eigenvalue weighted by atomic mass is 9.78. The Morgan fingerprint density at radius 1 is 1.08 bits per heavy atom. The van der Waals surface area contributed by atoms with E-state index in [1.807, 2.05) is 36.4 Å². The van der Waals surface area contributed by atoms with Crippen molar-refractivity contribution in [3.05, 3.63) is 71.8 Å². The maximum atomic E-state index is 11.4. The molecule has 1 saturated heterocycles. The minimum Gasteiger partial charge on any atom is -0.444 e. The lowest BCUT2D eigenvalue weighted by Crippen LogP contribution is -2.46. The van der Waals surface area contributed by atoms with E-state index >= 15 is 0 Å². The van der Waals surface area contributed by atoms with Crippen molar-refractivity contribution in [1.82, 2.24) is 4.90 Å². The highest BCUT2D eigenvalue weighted by Gasteiger charge is 2.47. The summed E-state index contributed by atoms with van der Waals surface area (Å²) in [6, 6.07) is 20.5. The fourth-order valence-corrected chi connectivity index (χ4v) is 3.74. The van der Waals surface area contributed by atoms with E-state index in [1.54, 1.807) is 0 Å². The number of hydrogen-bond acceptors (Lipinski definition) is 4. The molecule has 132 valence electrons. The Bertz CT molecular complexity index is 693. The number of carbonyl (C=O) groups is 1. The molecule has 1 aliphatic heterocycles. The van der Waals surface area contributed by atoms with Crippen LogP contribution in [0, 0.1) is 5.41 Å². The van der Waals surface area contributed by atoms with Crippen LogP contribution in [-0.2, 0) is 17.7 Å². The van der Waals surface area contributed by atoms with Gasteiger partial charge in [0.1, 0.15) is 6.10 Å². The van der Waals surface area contributed by atoms with Gasteiger partial charge in [-0.25, -0.2) is 4.79 Å². The molecule has 2 unspecified atom stereocenters. The highest BCUT2D eigenvalue weighted by molar-refractivity contribution is 5.65. The van der Waals surface area contributed by atoms with Gasteiger partial charge in [-0.2, -0.15) is 0 Å². The third-order valence-corrected chi connectivity index (χ3v) is 4.96.